The number of rotatable bonds is 4. The SMILES string of the molecule is C[C@@H](NC(=O)N(c1ccccc1)c1ccccc1)[C@H]1CN(C)CCO1. The van der Waals surface area contributed by atoms with Gasteiger partial charge in [0.05, 0.1) is 30.1 Å². The highest BCUT2D eigenvalue weighted by Crippen LogP contribution is 2.25. The summed E-state index contributed by atoms with van der Waals surface area (Å²) >= 11 is 0. The monoisotopic (exact) mass is 339 g/mol. The van der Waals surface area contributed by atoms with Crippen LogP contribution in [0, 0.1) is 0 Å². The van der Waals surface area contributed by atoms with E-state index in [9.17, 15) is 4.79 Å². The van der Waals surface area contributed by atoms with E-state index in [0.717, 1.165) is 24.5 Å². The summed E-state index contributed by atoms with van der Waals surface area (Å²) in [5.41, 5.74) is 1.67. The fourth-order valence-corrected chi connectivity index (χ4v) is 3.00. The summed E-state index contributed by atoms with van der Waals surface area (Å²) in [6.45, 7) is 4.44. The molecule has 0 unspecified atom stereocenters. The quantitative estimate of drug-likeness (QED) is 0.930. The fourth-order valence-electron chi connectivity index (χ4n) is 3.00. The second-order valence-corrected chi connectivity index (χ2v) is 6.42. The zero-order valence-corrected chi connectivity index (χ0v) is 14.8. The number of morpholine rings is 1. The Bertz CT molecular complexity index is 638. The molecule has 2 amide bonds. The van der Waals surface area contributed by atoms with Crippen molar-refractivity contribution in [2.75, 3.05) is 31.6 Å². The molecule has 1 N–H and O–H groups in total. The molecule has 2 atom stereocenters. The molecule has 0 bridgehead atoms. The van der Waals surface area contributed by atoms with Gasteiger partial charge in [-0.15, -0.1) is 0 Å². The topological polar surface area (TPSA) is 44.8 Å². The summed E-state index contributed by atoms with van der Waals surface area (Å²) in [7, 11) is 2.07. The molecular weight excluding hydrogens is 314 g/mol. The van der Waals surface area contributed by atoms with Crippen molar-refractivity contribution in [3.8, 4) is 0 Å². The highest BCUT2D eigenvalue weighted by atomic mass is 16.5. The van der Waals surface area contributed by atoms with Crippen molar-refractivity contribution >= 4 is 17.4 Å². The van der Waals surface area contributed by atoms with E-state index in [1.165, 1.54) is 0 Å². The minimum Gasteiger partial charge on any atom is -0.373 e. The van der Waals surface area contributed by atoms with Gasteiger partial charge < -0.3 is 15.0 Å². The molecule has 1 aliphatic rings. The summed E-state index contributed by atoms with van der Waals surface area (Å²) in [4.78, 5) is 16.9. The third-order valence-corrected chi connectivity index (χ3v) is 4.44. The Kier molecular flexibility index (Phi) is 5.68. The van der Waals surface area contributed by atoms with Crippen LogP contribution in [0.3, 0.4) is 0 Å². The molecule has 5 nitrogen and oxygen atoms in total. The number of para-hydroxylation sites is 2. The third kappa shape index (κ3) is 4.38. The van der Waals surface area contributed by atoms with Crippen molar-refractivity contribution in [3.05, 3.63) is 60.7 Å². The van der Waals surface area contributed by atoms with Gasteiger partial charge in [-0.25, -0.2) is 4.79 Å². The molecule has 2 aromatic rings. The fraction of sp³-hybridized carbons (Fsp3) is 0.350. The Morgan fingerprint density at radius 3 is 2.20 bits per heavy atom. The normalized spacial score (nSPS) is 19.2. The van der Waals surface area contributed by atoms with Crippen LogP contribution in [0.25, 0.3) is 0 Å². The second-order valence-electron chi connectivity index (χ2n) is 6.42. The van der Waals surface area contributed by atoms with Crippen LogP contribution in [0.5, 0.6) is 0 Å². The number of carbonyl (C=O) groups excluding carboxylic acids is 1. The van der Waals surface area contributed by atoms with Crippen LogP contribution in [-0.2, 0) is 4.74 Å². The Labute approximate surface area is 149 Å². The number of benzene rings is 2. The number of amides is 2. The van der Waals surface area contributed by atoms with E-state index in [1.54, 1.807) is 4.90 Å². The van der Waals surface area contributed by atoms with E-state index in [0.29, 0.717) is 6.61 Å². The van der Waals surface area contributed by atoms with Gasteiger partial charge in [0.2, 0.25) is 0 Å². The molecule has 0 aromatic heterocycles. The molecule has 1 fully saturated rings. The van der Waals surface area contributed by atoms with Gasteiger partial charge in [-0.2, -0.15) is 0 Å². The molecule has 1 saturated heterocycles. The average Bonchev–Trinajstić information content (AvgIpc) is 2.63. The molecule has 0 saturated carbocycles. The minimum absolute atomic E-state index is 0.00361. The Morgan fingerprint density at radius 1 is 1.12 bits per heavy atom. The van der Waals surface area contributed by atoms with E-state index in [2.05, 4.69) is 17.3 Å². The lowest BCUT2D eigenvalue weighted by Crippen LogP contribution is -2.53. The van der Waals surface area contributed by atoms with Crippen LogP contribution in [0.1, 0.15) is 6.92 Å². The first-order valence-electron chi connectivity index (χ1n) is 8.66. The number of carbonyl (C=O) groups is 1. The van der Waals surface area contributed by atoms with E-state index in [4.69, 9.17) is 4.74 Å². The maximum absolute atomic E-state index is 13.0. The number of urea groups is 1. The number of ether oxygens (including phenoxy) is 1. The van der Waals surface area contributed by atoms with E-state index in [-0.39, 0.29) is 18.2 Å². The van der Waals surface area contributed by atoms with Crippen LogP contribution in [0.4, 0.5) is 16.2 Å². The van der Waals surface area contributed by atoms with Gasteiger partial charge in [-0.1, -0.05) is 36.4 Å². The van der Waals surface area contributed by atoms with Gasteiger partial charge in [-0.05, 0) is 38.2 Å². The van der Waals surface area contributed by atoms with Crippen molar-refractivity contribution in [2.24, 2.45) is 0 Å². The highest BCUT2D eigenvalue weighted by molar-refractivity contribution is 5.99. The standard InChI is InChI=1S/C20H25N3O2/c1-16(19-15-22(2)13-14-25-19)21-20(24)23(17-9-5-3-6-10-17)18-11-7-4-8-12-18/h3-12,16,19H,13-15H2,1-2H3,(H,21,24)/t16-,19-/m1/s1. The van der Waals surface area contributed by atoms with E-state index >= 15 is 0 Å². The molecule has 5 heteroatoms. The van der Waals surface area contributed by atoms with E-state index < -0.39 is 0 Å². The first-order chi connectivity index (χ1) is 12.1. The lowest BCUT2D eigenvalue weighted by Gasteiger charge is -2.35. The van der Waals surface area contributed by atoms with Crippen LogP contribution in [-0.4, -0.2) is 49.8 Å². The van der Waals surface area contributed by atoms with Crippen LogP contribution in [0.15, 0.2) is 60.7 Å². The van der Waals surface area contributed by atoms with Crippen molar-refractivity contribution in [2.45, 2.75) is 19.1 Å². The van der Waals surface area contributed by atoms with Crippen molar-refractivity contribution < 1.29 is 9.53 Å². The first-order valence-corrected chi connectivity index (χ1v) is 8.66. The molecule has 0 aliphatic carbocycles. The van der Waals surface area contributed by atoms with Crippen LogP contribution < -0.4 is 10.2 Å². The smallest absolute Gasteiger partial charge is 0.326 e. The van der Waals surface area contributed by atoms with Gasteiger partial charge in [0, 0.05) is 13.1 Å². The molecule has 0 radical (unpaired) electrons. The number of likely N-dealkylation sites (N-methyl/N-ethyl adjacent to an activating group) is 1. The summed E-state index contributed by atoms with van der Waals surface area (Å²) < 4.78 is 5.83. The molecule has 25 heavy (non-hydrogen) atoms. The molecule has 0 spiro atoms. The third-order valence-electron chi connectivity index (χ3n) is 4.44. The lowest BCUT2D eigenvalue weighted by molar-refractivity contribution is -0.0332. The first kappa shape index (κ1) is 17.5. The van der Waals surface area contributed by atoms with Crippen molar-refractivity contribution in [1.29, 1.82) is 0 Å². The number of nitrogens with one attached hydrogen (secondary N) is 1. The van der Waals surface area contributed by atoms with E-state index in [1.807, 2.05) is 67.6 Å². The van der Waals surface area contributed by atoms with Gasteiger partial charge >= 0.3 is 6.03 Å². The van der Waals surface area contributed by atoms with Crippen molar-refractivity contribution in [1.82, 2.24) is 10.2 Å². The molecular formula is C20H25N3O2. The van der Waals surface area contributed by atoms with Gasteiger partial charge in [0.1, 0.15) is 0 Å². The molecule has 1 aliphatic heterocycles. The van der Waals surface area contributed by atoms with Gasteiger partial charge in [0.15, 0.2) is 0 Å². The highest BCUT2D eigenvalue weighted by Gasteiger charge is 2.27. The molecule has 132 valence electrons. The summed E-state index contributed by atoms with van der Waals surface area (Å²) in [6.07, 6.45) is -0.00361. The second kappa shape index (κ2) is 8.14. The summed E-state index contributed by atoms with van der Waals surface area (Å²) in [5, 5.41) is 3.10. The van der Waals surface area contributed by atoms with Crippen molar-refractivity contribution in [3.63, 3.8) is 0 Å². The molecule has 3 rings (SSSR count). The minimum atomic E-state index is -0.151. The predicted molar refractivity (Wildman–Crippen MR) is 100 cm³/mol. The maximum atomic E-state index is 13.0. The Hall–Kier alpha value is -2.37. The number of anilines is 2. The van der Waals surface area contributed by atoms with Crippen LogP contribution >= 0.6 is 0 Å². The van der Waals surface area contributed by atoms with Crippen LogP contribution in [0.2, 0.25) is 0 Å². The summed E-state index contributed by atoms with van der Waals surface area (Å²) in [6, 6.07) is 19.1. The molecule has 1 heterocycles. The Morgan fingerprint density at radius 2 is 1.68 bits per heavy atom. The zero-order chi connectivity index (χ0) is 17.6. The predicted octanol–water partition coefficient (Wildman–Crippen LogP) is 3.25. The lowest BCUT2D eigenvalue weighted by atomic mass is 10.1. The largest absolute Gasteiger partial charge is 0.373 e. The number of hydrogen-bond acceptors (Lipinski definition) is 3. The zero-order valence-electron chi connectivity index (χ0n) is 14.8. The van der Waals surface area contributed by atoms with Gasteiger partial charge in [0.25, 0.3) is 0 Å². The Balaban J connectivity index is 1.78. The molecule has 2 aromatic carbocycles. The van der Waals surface area contributed by atoms with Gasteiger partial charge in [-0.3, -0.25) is 4.90 Å². The number of hydrogen-bond donors (Lipinski definition) is 1. The summed E-state index contributed by atoms with van der Waals surface area (Å²) in [5.74, 6) is 0. The number of nitrogens with zero attached hydrogens (tertiary/aromatic N) is 2. The average molecular weight is 339 g/mol. The maximum Gasteiger partial charge on any atom is 0.326 e.